The second kappa shape index (κ2) is 6.16. The monoisotopic (exact) mass is 247 g/mol. The van der Waals surface area contributed by atoms with Gasteiger partial charge in [0.25, 0.3) is 0 Å². The highest BCUT2D eigenvalue weighted by atomic mass is 16.2. The average molecular weight is 247 g/mol. The topological polar surface area (TPSA) is 70.2 Å². The number of amides is 2. The third-order valence-electron chi connectivity index (χ3n) is 2.85. The summed E-state index contributed by atoms with van der Waals surface area (Å²) in [6, 6.07) is 9.01. The number of hydrogen-bond acceptors (Lipinski definition) is 3. The van der Waals surface area contributed by atoms with E-state index in [-0.39, 0.29) is 24.4 Å². The molecule has 0 radical (unpaired) electrons. The summed E-state index contributed by atoms with van der Waals surface area (Å²) in [6.45, 7) is 0.875. The third-order valence-corrected chi connectivity index (χ3v) is 2.85. The highest BCUT2D eigenvalue weighted by Gasteiger charge is 2.21. The Morgan fingerprint density at radius 1 is 1.33 bits per heavy atom. The molecule has 1 fully saturated rings. The molecule has 0 aliphatic carbocycles. The molecule has 1 aliphatic rings. The number of carbonyl (C=O) groups excluding carboxylic acids is 2. The van der Waals surface area contributed by atoms with Crippen molar-refractivity contribution >= 4 is 17.5 Å². The van der Waals surface area contributed by atoms with E-state index in [9.17, 15) is 9.59 Å². The van der Waals surface area contributed by atoms with Gasteiger partial charge in [-0.1, -0.05) is 18.2 Å². The van der Waals surface area contributed by atoms with Gasteiger partial charge >= 0.3 is 0 Å². The Hall–Kier alpha value is -1.88. The molecule has 1 aromatic carbocycles. The van der Waals surface area contributed by atoms with Crippen molar-refractivity contribution in [3.63, 3.8) is 0 Å². The van der Waals surface area contributed by atoms with Gasteiger partial charge in [-0.3, -0.25) is 14.9 Å². The Labute approximate surface area is 106 Å². The quantitative estimate of drug-likeness (QED) is 0.725. The molecular weight excluding hydrogens is 230 g/mol. The number of piperidine rings is 1. The minimum absolute atomic E-state index is 0.0197. The van der Waals surface area contributed by atoms with Crippen molar-refractivity contribution in [2.75, 3.05) is 18.4 Å². The second-order valence-electron chi connectivity index (χ2n) is 4.28. The van der Waals surface area contributed by atoms with Crippen molar-refractivity contribution in [2.24, 2.45) is 0 Å². The number of para-hydroxylation sites is 1. The van der Waals surface area contributed by atoms with E-state index in [1.54, 1.807) is 0 Å². The molecule has 18 heavy (non-hydrogen) atoms. The van der Waals surface area contributed by atoms with Crippen molar-refractivity contribution in [1.82, 2.24) is 10.6 Å². The lowest BCUT2D eigenvalue weighted by Gasteiger charge is -2.22. The maximum absolute atomic E-state index is 11.7. The van der Waals surface area contributed by atoms with Crippen molar-refractivity contribution < 1.29 is 9.59 Å². The fourth-order valence-corrected chi connectivity index (χ4v) is 1.91. The number of carbonyl (C=O) groups is 2. The van der Waals surface area contributed by atoms with E-state index in [4.69, 9.17) is 0 Å². The van der Waals surface area contributed by atoms with E-state index in [0.29, 0.717) is 0 Å². The molecule has 5 heteroatoms. The molecule has 1 saturated heterocycles. The molecule has 96 valence electrons. The van der Waals surface area contributed by atoms with E-state index >= 15 is 0 Å². The first-order valence-electron chi connectivity index (χ1n) is 6.12. The molecule has 1 atom stereocenters. The zero-order chi connectivity index (χ0) is 12.8. The van der Waals surface area contributed by atoms with Crippen LogP contribution in [-0.2, 0) is 9.59 Å². The molecule has 0 aromatic heterocycles. The third kappa shape index (κ3) is 3.56. The van der Waals surface area contributed by atoms with Crippen LogP contribution in [-0.4, -0.2) is 30.9 Å². The van der Waals surface area contributed by atoms with Crippen LogP contribution in [0.3, 0.4) is 0 Å². The lowest BCUT2D eigenvalue weighted by atomic mass is 10.1. The second-order valence-corrected chi connectivity index (χ2v) is 4.28. The number of hydrogen-bond donors (Lipinski definition) is 3. The molecular formula is C13H17N3O2. The number of nitrogens with one attached hydrogen (secondary N) is 3. The van der Waals surface area contributed by atoms with E-state index < -0.39 is 0 Å². The Balaban J connectivity index is 1.76. The number of anilines is 1. The summed E-state index contributed by atoms with van der Waals surface area (Å²) < 4.78 is 0. The van der Waals surface area contributed by atoms with Crippen molar-refractivity contribution in [3.05, 3.63) is 30.3 Å². The summed E-state index contributed by atoms with van der Waals surface area (Å²) in [5.74, 6) is -0.159. The Morgan fingerprint density at radius 3 is 2.83 bits per heavy atom. The van der Waals surface area contributed by atoms with Crippen LogP contribution < -0.4 is 16.0 Å². The summed E-state index contributed by atoms with van der Waals surface area (Å²) in [7, 11) is 0. The molecule has 1 unspecified atom stereocenters. The molecule has 3 N–H and O–H groups in total. The number of benzene rings is 1. The molecule has 0 saturated carbocycles. The van der Waals surface area contributed by atoms with Crippen LogP contribution in [0.5, 0.6) is 0 Å². The largest absolute Gasteiger partial charge is 0.355 e. The SMILES string of the molecule is O=C(CNC1CCCNC1=O)Nc1ccccc1. The van der Waals surface area contributed by atoms with Gasteiger partial charge in [-0.15, -0.1) is 0 Å². The van der Waals surface area contributed by atoms with Gasteiger partial charge in [0, 0.05) is 12.2 Å². The molecule has 0 bridgehead atoms. The van der Waals surface area contributed by atoms with Gasteiger partial charge < -0.3 is 10.6 Å². The average Bonchev–Trinajstić information content (AvgIpc) is 2.39. The minimum Gasteiger partial charge on any atom is -0.355 e. The van der Waals surface area contributed by atoms with Crippen molar-refractivity contribution in [3.8, 4) is 0 Å². The van der Waals surface area contributed by atoms with E-state index in [2.05, 4.69) is 16.0 Å². The Kier molecular flexibility index (Phi) is 4.30. The highest BCUT2D eigenvalue weighted by Crippen LogP contribution is 2.05. The van der Waals surface area contributed by atoms with Gasteiger partial charge in [-0.05, 0) is 25.0 Å². The number of rotatable bonds is 4. The maximum Gasteiger partial charge on any atom is 0.238 e. The highest BCUT2D eigenvalue weighted by molar-refractivity contribution is 5.92. The van der Waals surface area contributed by atoms with Gasteiger partial charge in [-0.25, -0.2) is 0 Å². The van der Waals surface area contributed by atoms with Gasteiger partial charge in [0.05, 0.1) is 12.6 Å². The first-order chi connectivity index (χ1) is 8.75. The van der Waals surface area contributed by atoms with Crippen molar-refractivity contribution in [1.29, 1.82) is 0 Å². The summed E-state index contributed by atoms with van der Waals surface area (Å²) in [4.78, 5) is 23.1. The first kappa shape index (κ1) is 12.6. The van der Waals surface area contributed by atoms with Crippen LogP contribution in [0, 0.1) is 0 Å². The molecule has 1 heterocycles. The summed E-state index contributed by atoms with van der Waals surface area (Å²) in [5, 5.41) is 8.50. The van der Waals surface area contributed by atoms with Gasteiger partial charge in [0.2, 0.25) is 11.8 Å². The Morgan fingerprint density at radius 2 is 2.11 bits per heavy atom. The summed E-state index contributed by atoms with van der Waals surface area (Å²) in [5.41, 5.74) is 0.761. The maximum atomic E-state index is 11.7. The normalized spacial score (nSPS) is 19.1. The fourth-order valence-electron chi connectivity index (χ4n) is 1.91. The summed E-state index contributed by atoms with van der Waals surface area (Å²) in [6.07, 6.45) is 1.73. The molecule has 2 amide bonds. The van der Waals surface area contributed by atoms with Crippen LogP contribution in [0.4, 0.5) is 5.69 Å². The summed E-state index contributed by atoms with van der Waals surface area (Å²) >= 11 is 0. The molecule has 2 rings (SSSR count). The lowest BCUT2D eigenvalue weighted by molar-refractivity contribution is -0.124. The predicted octanol–water partition coefficient (Wildman–Crippen LogP) is 0.493. The zero-order valence-electron chi connectivity index (χ0n) is 10.1. The minimum atomic E-state index is -0.250. The smallest absolute Gasteiger partial charge is 0.238 e. The molecule has 1 aliphatic heterocycles. The van der Waals surface area contributed by atoms with Crippen molar-refractivity contribution in [2.45, 2.75) is 18.9 Å². The van der Waals surface area contributed by atoms with Gasteiger partial charge in [0.1, 0.15) is 0 Å². The molecule has 0 spiro atoms. The van der Waals surface area contributed by atoms with Gasteiger partial charge in [-0.2, -0.15) is 0 Å². The van der Waals surface area contributed by atoms with Crippen LogP contribution in [0.1, 0.15) is 12.8 Å². The predicted molar refractivity (Wildman–Crippen MR) is 69.1 cm³/mol. The standard InChI is InChI=1S/C13H17N3O2/c17-12(16-10-5-2-1-3-6-10)9-15-11-7-4-8-14-13(11)18/h1-3,5-6,11,15H,4,7-9H2,(H,14,18)(H,16,17). The molecule has 5 nitrogen and oxygen atoms in total. The molecule has 1 aromatic rings. The van der Waals surface area contributed by atoms with E-state index in [0.717, 1.165) is 25.1 Å². The van der Waals surface area contributed by atoms with Crippen LogP contribution in [0.25, 0.3) is 0 Å². The van der Waals surface area contributed by atoms with Crippen LogP contribution >= 0.6 is 0 Å². The first-order valence-corrected chi connectivity index (χ1v) is 6.12. The lowest BCUT2D eigenvalue weighted by Crippen LogP contribution is -2.50. The van der Waals surface area contributed by atoms with Crippen LogP contribution in [0.15, 0.2) is 30.3 Å². The fraction of sp³-hybridized carbons (Fsp3) is 0.385. The van der Waals surface area contributed by atoms with Crippen LogP contribution in [0.2, 0.25) is 0 Å². The Bertz CT molecular complexity index is 420. The van der Waals surface area contributed by atoms with Gasteiger partial charge in [0.15, 0.2) is 0 Å². The van der Waals surface area contributed by atoms with E-state index in [1.807, 2.05) is 30.3 Å². The zero-order valence-corrected chi connectivity index (χ0v) is 10.1. The van der Waals surface area contributed by atoms with E-state index in [1.165, 1.54) is 0 Å².